The molecule has 11 heavy (non-hydrogen) atoms. The SMILES string of the molecule is CC(C)([C]=O)c1ccccc1. The lowest BCUT2D eigenvalue weighted by molar-refractivity contribution is 0.517. The van der Waals surface area contributed by atoms with E-state index in [1.807, 2.05) is 50.5 Å². The van der Waals surface area contributed by atoms with Gasteiger partial charge in [0, 0.05) is 0 Å². The van der Waals surface area contributed by atoms with E-state index in [0.29, 0.717) is 0 Å². The van der Waals surface area contributed by atoms with Crippen molar-refractivity contribution in [2.24, 2.45) is 0 Å². The molecule has 0 heterocycles. The molecule has 1 rings (SSSR count). The van der Waals surface area contributed by atoms with Gasteiger partial charge in [-0.1, -0.05) is 30.3 Å². The van der Waals surface area contributed by atoms with E-state index in [4.69, 9.17) is 0 Å². The predicted octanol–water partition coefficient (Wildman–Crippen LogP) is 2.07. The third kappa shape index (κ3) is 1.67. The molecule has 0 saturated carbocycles. The van der Waals surface area contributed by atoms with Crippen LogP contribution in [-0.2, 0) is 10.2 Å². The van der Waals surface area contributed by atoms with E-state index in [-0.39, 0.29) is 0 Å². The van der Waals surface area contributed by atoms with Gasteiger partial charge in [-0.2, -0.15) is 0 Å². The fourth-order valence-electron chi connectivity index (χ4n) is 0.914. The normalized spacial score (nSPS) is 11.1. The van der Waals surface area contributed by atoms with Crippen LogP contribution in [0.4, 0.5) is 0 Å². The molecule has 1 heteroatoms. The number of carbonyl (C=O) groups excluding carboxylic acids is 1. The summed E-state index contributed by atoms with van der Waals surface area (Å²) >= 11 is 0. The smallest absolute Gasteiger partial charge is 0.209 e. The van der Waals surface area contributed by atoms with Gasteiger partial charge in [-0.15, -0.1) is 0 Å². The minimum absolute atomic E-state index is 0.471. The number of hydrogen-bond donors (Lipinski definition) is 0. The van der Waals surface area contributed by atoms with Crippen LogP contribution in [0.2, 0.25) is 0 Å². The highest BCUT2D eigenvalue weighted by atomic mass is 16.1. The number of rotatable bonds is 2. The molecule has 0 amide bonds. The van der Waals surface area contributed by atoms with Crippen molar-refractivity contribution in [3.05, 3.63) is 35.9 Å². The van der Waals surface area contributed by atoms with E-state index in [0.717, 1.165) is 5.56 Å². The quantitative estimate of drug-likeness (QED) is 0.626. The van der Waals surface area contributed by atoms with Gasteiger partial charge < -0.3 is 0 Å². The molecule has 57 valence electrons. The van der Waals surface area contributed by atoms with Crippen molar-refractivity contribution >= 4 is 6.29 Å². The highest BCUT2D eigenvalue weighted by Gasteiger charge is 2.19. The second-order valence-electron chi connectivity index (χ2n) is 3.09. The lowest BCUT2D eigenvalue weighted by Gasteiger charge is -2.15. The van der Waals surface area contributed by atoms with Gasteiger partial charge in [0.05, 0.1) is 5.41 Å². The van der Waals surface area contributed by atoms with Crippen molar-refractivity contribution in [1.82, 2.24) is 0 Å². The molecule has 0 N–H and O–H groups in total. The summed E-state index contributed by atoms with van der Waals surface area (Å²) in [6, 6.07) is 9.66. The first-order chi connectivity index (χ1) is 5.17. The molecule has 0 fully saturated rings. The molecule has 1 aromatic carbocycles. The van der Waals surface area contributed by atoms with Crippen molar-refractivity contribution in [3.63, 3.8) is 0 Å². The van der Waals surface area contributed by atoms with Gasteiger partial charge in [-0.25, -0.2) is 0 Å². The summed E-state index contributed by atoms with van der Waals surface area (Å²) in [7, 11) is 0. The molecule has 0 aliphatic carbocycles. The highest BCUT2D eigenvalue weighted by molar-refractivity contribution is 5.67. The van der Waals surface area contributed by atoms with Gasteiger partial charge in [-0.3, -0.25) is 4.79 Å². The molecule has 0 aromatic heterocycles. The van der Waals surface area contributed by atoms with Crippen LogP contribution in [-0.4, -0.2) is 6.29 Å². The molecule has 0 saturated heterocycles. The Labute approximate surface area is 67.1 Å². The molecule has 1 nitrogen and oxygen atoms in total. The number of benzene rings is 1. The van der Waals surface area contributed by atoms with Crippen LogP contribution in [0.15, 0.2) is 30.3 Å². The van der Waals surface area contributed by atoms with Crippen molar-refractivity contribution < 1.29 is 4.79 Å². The average Bonchev–Trinajstić information content (AvgIpc) is 2.06. The Morgan fingerprint density at radius 3 is 2.18 bits per heavy atom. The molecular weight excluding hydrogens is 136 g/mol. The zero-order chi connectivity index (χ0) is 8.32. The Kier molecular flexibility index (Phi) is 2.08. The van der Waals surface area contributed by atoms with Crippen LogP contribution < -0.4 is 0 Å². The third-order valence-corrected chi connectivity index (χ3v) is 1.75. The summed E-state index contributed by atoms with van der Waals surface area (Å²) in [5.41, 5.74) is 0.538. The fourth-order valence-corrected chi connectivity index (χ4v) is 0.914. The Morgan fingerprint density at radius 1 is 1.18 bits per heavy atom. The summed E-state index contributed by atoms with van der Waals surface area (Å²) in [5, 5.41) is 0. The molecule has 0 spiro atoms. The molecule has 1 aromatic rings. The largest absolute Gasteiger partial charge is 0.290 e. The summed E-state index contributed by atoms with van der Waals surface area (Å²) < 4.78 is 0. The third-order valence-electron chi connectivity index (χ3n) is 1.75. The Balaban J connectivity index is 3.02. The van der Waals surface area contributed by atoms with E-state index in [1.54, 1.807) is 0 Å². The fraction of sp³-hybridized carbons (Fsp3) is 0.300. The zero-order valence-corrected chi connectivity index (χ0v) is 6.79. The van der Waals surface area contributed by atoms with Crippen LogP contribution in [0.3, 0.4) is 0 Å². The van der Waals surface area contributed by atoms with Crippen molar-refractivity contribution in [1.29, 1.82) is 0 Å². The minimum atomic E-state index is -0.471. The second kappa shape index (κ2) is 2.87. The van der Waals surface area contributed by atoms with Crippen molar-refractivity contribution in [2.75, 3.05) is 0 Å². The van der Waals surface area contributed by atoms with Crippen LogP contribution in [0.5, 0.6) is 0 Å². The lowest BCUT2D eigenvalue weighted by Crippen LogP contribution is -2.17. The second-order valence-corrected chi connectivity index (χ2v) is 3.09. The maximum atomic E-state index is 10.5. The summed E-state index contributed by atoms with van der Waals surface area (Å²) in [5.74, 6) is 0. The van der Waals surface area contributed by atoms with E-state index < -0.39 is 5.41 Å². The lowest BCUT2D eigenvalue weighted by atomic mass is 9.87. The number of hydrogen-bond acceptors (Lipinski definition) is 1. The van der Waals surface area contributed by atoms with Gasteiger partial charge >= 0.3 is 0 Å². The molecule has 0 aliphatic rings. The Hall–Kier alpha value is -1.11. The monoisotopic (exact) mass is 147 g/mol. The van der Waals surface area contributed by atoms with Gasteiger partial charge in [0.15, 0.2) is 0 Å². The first kappa shape index (κ1) is 7.99. The van der Waals surface area contributed by atoms with Crippen LogP contribution in [0.1, 0.15) is 19.4 Å². The van der Waals surface area contributed by atoms with Gasteiger partial charge in [-0.05, 0) is 19.4 Å². The van der Waals surface area contributed by atoms with Crippen LogP contribution in [0, 0.1) is 0 Å². The molecular formula is C10H11O. The molecule has 0 aliphatic heterocycles. The average molecular weight is 147 g/mol. The maximum absolute atomic E-state index is 10.5. The van der Waals surface area contributed by atoms with E-state index >= 15 is 0 Å². The van der Waals surface area contributed by atoms with Gasteiger partial charge in [0.1, 0.15) is 0 Å². The van der Waals surface area contributed by atoms with Crippen LogP contribution >= 0.6 is 0 Å². The molecule has 1 radical (unpaired) electrons. The first-order valence-electron chi connectivity index (χ1n) is 3.61. The highest BCUT2D eigenvalue weighted by Crippen LogP contribution is 2.19. The summed E-state index contributed by atoms with van der Waals surface area (Å²) in [4.78, 5) is 10.5. The zero-order valence-electron chi connectivity index (χ0n) is 6.79. The van der Waals surface area contributed by atoms with Gasteiger partial charge in [0.25, 0.3) is 0 Å². The maximum Gasteiger partial charge on any atom is 0.209 e. The van der Waals surface area contributed by atoms with Crippen molar-refractivity contribution in [3.8, 4) is 0 Å². The predicted molar refractivity (Wildman–Crippen MR) is 45.2 cm³/mol. The molecule has 0 atom stereocenters. The summed E-state index contributed by atoms with van der Waals surface area (Å²) in [6.45, 7) is 3.71. The first-order valence-corrected chi connectivity index (χ1v) is 3.61. The van der Waals surface area contributed by atoms with Crippen LogP contribution in [0.25, 0.3) is 0 Å². The van der Waals surface area contributed by atoms with E-state index in [9.17, 15) is 4.79 Å². The van der Waals surface area contributed by atoms with E-state index in [1.165, 1.54) is 0 Å². The molecule has 0 bridgehead atoms. The van der Waals surface area contributed by atoms with Crippen molar-refractivity contribution in [2.45, 2.75) is 19.3 Å². The minimum Gasteiger partial charge on any atom is -0.290 e. The standard InChI is InChI=1S/C10H11O/c1-10(2,8-11)9-6-4-3-5-7-9/h3-7H,1-2H3. The Bertz CT molecular complexity index is 236. The topological polar surface area (TPSA) is 17.1 Å². The Morgan fingerprint density at radius 2 is 1.73 bits per heavy atom. The molecule has 0 unspecified atom stereocenters. The summed E-state index contributed by atoms with van der Waals surface area (Å²) in [6.07, 6.45) is 2.01. The van der Waals surface area contributed by atoms with Gasteiger partial charge in [0.2, 0.25) is 6.29 Å². The van der Waals surface area contributed by atoms with E-state index in [2.05, 4.69) is 0 Å².